The van der Waals surface area contributed by atoms with Crippen molar-refractivity contribution in [2.24, 2.45) is 0 Å². The van der Waals surface area contributed by atoms with Gasteiger partial charge in [0.1, 0.15) is 22.3 Å². The van der Waals surface area contributed by atoms with Gasteiger partial charge in [-0.1, -0.05) is 13.8 Å². The summed E-state index contributed by atoms with van der Waals surface area (Å²) in [7, 11) is 0. The number of thiazole rings is 1. The van der Waals surface area contributed by atoms with Gasteiger partial charge in [-0.2, -0.15) is 0 Å². The normalized spacial score (nSPS) is 17.0. The van der Waals surface area contributed by atoms with E-state index in [4.69, 9.17) is 4.42 Å². The highest BCUT2D eigenvalue weighted by molar-refractivity contribution is 7.13. The van der Waals surface area contributed by atoms with Crippen molar-refractivity contribution in [1.82, 2.24) is 25.2 Å². The number of furan rings is 1. The van der Waals surface area contributed by atoms with E-state index in [-0.39, 0.29) is 5.91 Å². The number of rotatable bonds is 7. The number of anilines is 1. The van der Waals surface area contributed by atoms with Crippen LogP contribution in [0.25, 0.3) is 22.3 Å². The van der Waals surface area contributed by atoms with Crippen LogP contribution < -0.4 is 10.6 Å². The average molecular weight is 427 g/mol. The Balaban J connectivity index is 1.49. The summed E-state index contributed by atoms with van der Waals surface area (Å²) in [6.07, 6.45) is 2.78. The monoisotopic (exact) mass is 426 g/mol. The third-order valence-corrected chi connectivity index (χ3v) is 5.61. The van der Waals surface area contributed by atoms with Crippen LogP contribution in [-0.2, 0) is 4.79 Å². The number of aromatic nitrogens is 3. The maximum Gasteiger partial charge on any atom is 0.239 e. The summed E-state index contributed by atoms with van der Waals surface area (Å²) in [5.74, 6) is 2.11. The molecule has 1 saturated heterocycles. The molecule has 2 N–H and O–H groups in total. The van der Waals surface area contributed by atoms with E-state index in [0.29, 0.717) is 41.7 Å². The van der Waals surface area contributed by atoms with Gasteiger partial charge in [-0.15, -0.1) is 11.3 Å². The lowest BCUT2D eigenvalue weighted by Gasteiger charge is -2.18. The van der Waals surface area contributed by atoms with Crippen molar-refractivity contribution >= 4 is 23.1 Å². The molecule has 1 atom stereocenters. The first kappa shape index (κ1) is 20.6. The molecule has 3 aromatic heterocycles. The molecule has 4 heterocycles. The molecule has 3 aromatic rings. The van der Waals surface area contributed by atoms with E-state index in [1.165, 1.54) is 11.3 Å². The summed E-state index contributed by atoms with van der Waals surface area (Å²) in [4.78, 5) is 28.3. The molecular weight excluding hydrogens is 400 g/mol. The van der Waals surface area contributed by atoms with E-state index in [1.807, 2.05) is 24.4 Å². The zero-order valence-electron chi connectivity index (χ0n) is 17.4. The molecule has 4 rings (SSSR count). The molecule has 1 fully saturated rings. The van der Waals surface area contributed by atoms with Crippen molar-refractivity contribution < 1.29 is 9.21 Å². The first-order valence-electron chi connectivity index (χ1n) is 10.1. The van der Waals surface area contributed by atoms with Crippen molar-refractivity contribution in [1.29, 1.82) is 0 Å². The highest BCUT2D eigenvalue weighted by Crippen LogP contribution is 2.26. The zero-order chi connectivity index (χ0) is 21.1. The van der Waals surface area contributed by atoms with E-state index >= 15 is 0 Å². The van der Waals surface area contributed by atoms with E-state index in [1.54, 1.807) is 12.3 Å². The van der Waals surface area contributed by atoms with Gasteiger partial charge in [-0.05, 0) is 25.5 Å². The van der Waals surface area contributed by atoms with E-state index in [2.05, 4.69) is 44.3 Å². The van der Waals surface area contributed by atoms with Crippen molar-refractivity contribution in [2.75, 3.05) is 25.0 Å². The minimum atomic E-state index is -0.0921. The fourth-order valence-corrected chi connectivity index (χ4v) is 4.20. The summed E-state index contributed by atoms with van der Waals surface area (Å²) in [5, 5.41) is 9.12. The summed E-state index contributed by atoms with van der Waals surface area (Å²) < 4.78 is 5.68. The SMILES string of the molecule is Cc1ccc(-c2nc(NC(=O)CN3CCC(NC(C)C)C3)cc(-c3nccs3)n2)o1. The van der Waals surface area contributed by atoms with Crippen LogP contribution in [-0.4, -0.2) is 57.5 Å². The van der Waals surface area contributed by atoms with Gasteiger partial charge in [0.05, 0.1) is 6.54 Å². The molecule has 0 bridgehead atoms. The minimum Gasteiger partial charge on any atom is -0.458 e. The van der Waals surface area contributed by atoms with Crippen molar-refractivity contribution in [2.45, 2.75) is 39.3 Å². The Bertz CT molecular complexity index is 1000. The second-order valence-corrected chi connectivity index (χ2v) is 8.69. The van der Waals surface area contributed by atoms with Gasteiger partial charge in [0, 0.05) is 42.8 Å². The van der Waals surface area contributed by atoms with Crippen LogP contribution in [0.15, 0.2) is 34.2 Å². The Labute approximate surface area is 179 Å². The number of carbonyl (C=O) groups is 1. The number of carbonyl (C=O) groups excluding carboxylic acids is 1. The lowest BCUT2D eigenvalue weighted by molar-refractivity contribution is -0.117. The van der Waals surface area contributed by atoms with Crippen LogP contribution >= 0.6 is 11.3 Å². The average Bonchev–Trinajstić information content (AvgIpc) is 3.43. The number of amides is 1. The molecular formula is C21H26N6O2S. The highest BCUT2D eigenvalue weighted by Gasteiger charge is 2.24. The quantitative estimate of drug-likeness (QED) is 0.599. The van der Waals surface area contributed by atoms with Gasteiger partial charge in [-0.25, -0.2) is 15.0 Å². The topological polar surface area (TPSA) is 96.2 Å². The summed E-state index contributed by atoms with van der Waals surface area (Å²) in [6, 6.07) is 6.32. The Hall–Kier alpha value is -2.62. The van der Waals surface area contributed by atoms with Crippen LogP contribution in [0.5, 0.6) is 0 Å². The number of likely N-dealkylation sites (tertiary alicyclic amines) is 1. The molecule has 1 aliphatic rings. The van der Waals surface area contributed by atoms with Crippen LogP contribution in [0.1, 0.15) is 26.0 Å². The summed E-state index contributed by atoms with van der Waals surface area (Å²) >= 11 is 1.48. The molecule has 158 valence electrons. The van der Waals surface area contributed by atoms with Gasteiger partial charge in [-0.3, -0.25) is 9.69 Å². The van der Waals surface area contributed by atoms with Crippen molar-refractivity contribution in [3.8, 4) is 22.3 Å². The number of nitrogens with one attached hydrogen (secondary N) is 2. The smallest absolute Gasteiger partial charge is 0.239 e. The Morgan fingerprint density at radius 3 is 2.93 bits per heavy atom. The Morgan fingerprint density at radius 1 is 1.37 bits per heavy atom. The molecule has 0 aliphatic carbocycles. The maximum absolute atomic E-state index is 12.7. The van der Waals surface area contributed by atoms with Gasteiger partial charge < -0.3 is 15.1 Å². The second kappa shape index (κ2) is 9.03. The largest absolute Gasteiger partial charge is 0.458 e. The first-order chi connectivity index (χ1) is 14.5. The van der Waals surface area contributed by atoms with Gasteiger partial charge >= 0.3 is 0 Å². The molecule has 1 aliphatic heterocycles. The lowest BCUT2D eigenvalue weighted by atomic mass is 10.2. The van der Waals surface area contributed by atoms with Gasteiger partial charge in [0.25, 0.3) is 0 Å². The van der Waals surface area contributed by atoms with E-state index in [0.717, 1.165) is 30.3 Å². The van der Waals surface area contributed by atoms with Gasteiger partial charge in [0.15, 0.2) is 11.6 Å². The zero-order valence-corrected chi connectivity index (χ0v) is 18.2. The predicted octanol–water partition coefficient (Wildman–Crippen LogP) is 3.18. The maximum atomic E-state index is 12.7. The van der Waals surface area contributed by atoms with Gasteiger partial charge in [0.2, 0.25) is 5.91 Å². The molecule has 0 radical (unpaired) electrons. The minimum absolute atomic E-state index is 0.0921. The summed E-state index contributed by atoms with van der Waals surface area (Å²) in [5.41, 5.74) is 0.654. The molecule has 8 nitrogen and oxygen atoms in total. The predicted molar refractivity (Wildman–Crippen MR) is 117 cm³/mol. The van der Waals surface area contributed by atoms with Crippen LogP contribution in [0, 0.1) is 6.92 Å². The molecule has 9 heteroatoms. The Morgan fingerprint density at radius 2 is 2.23 bits per heavy atom. The van der Waals surface area contributed by atoms with Crippen LogP contribution in [0.4, 0.5) is 5.82 Å². The third kappa shape index (κ3) is 5.10. The molecule has 1 amide bonds. The number of hydrogen-bond acceptors (Lipinski definition) is 8. The molecule has 0 aromatic carbocycles. The van der Waals surface area contributed by atoms with Crippen LogP contribution in [0.3, 0.4) is 0 Å². The standard InChI is InChI=1S/C21H26N6O2S/c1-13(2)23-15-6-8-27(11-15)12-19(28)25-18-10-16(21-22-7-9-30-21)24-20(26-18)17-5-4-14(3)29-17/h4-5,7,9-10,13,15,23H,6,8,11-12H2,1-3H3,(H,24,25,26,28). The molecule has 30 heavy (non-hydrogen) atoms. The Kier molecular flexibility index (Phi) is 6.21. The van der Waals surface area contributed by atoms with Crippen molar-refractivity contribution in [3.05, 3.63) is 35.5 Å². The molecule has 0 saturated carbocycles. The summed E-state index contributed by atoms with van der Waals surface area (Å²) in [6.45, 7) is 8.27. The van der Waals surface area contributed by atoms with Crippen LogP contribution in [0.2, 0.25) is 0 Å². The second-order valence-electron chi connectivity index (χ2n) is 7.80. The van der Waals surface area contributed by atoms with Crippen molar-refractivity contribution in [3.63, 3.8) is 0 Å². The molecule has 1 unspecified atom stereocenters. The number of aryl methyl sites for hydroxylation is 1. The number of nitrogens with zero attached hydrogens (tertiary/aromatic N) is 4. The lowest BCUT2D eigenvalue weighted by Crippen LogP contribution is -2.38. The third-order valence-electron chi connectivity index (χ3n) is 4.81. The van der Waals surface area contributed by atoms with E-state index in [9.17, 15) is 4.79 Å². The van der Waals surface area contributed by atoms with E-state index < -0.39 is 0 Å². The number of hydrogen-bond donors (Lipinski definition) is 2. The first-order valence-corrected chi connectivity index (χ1v) is 11.0. The molecule has 0 spiro atoms. The fraction of sp³-hybridized carbons (Fsp3) is 0.429. The fourth-order valence-electron chi connectivity index (χ4n) is 3.60. The highest BCUT2D eigenvalue weighted by atomic mass is 32.1.